The van der Waals surface area contributed by atoms with Gasteiger partial charge in [-0.2, -0.15) is 0 Å². The largest absolute Gasteiger partial charge is 0.468 e. The molecule has 8 bridgehead atoms. The number of aromatic amines is 3. The Morgan fingerprint density at radius 1 is 1.00 bits per heavy atom. The predicted octanol–water partition coefficient (Wildman–Crippen LogP) is 5.45. The molecule has 1 aliphatic carbocycles. The standard InChI is InChI=1S/C40H48N4O5/c1-9-12-13-16-49-33(45)15-14-26-22(6)29-17-27-20(4)24(10-2)31(41-27)18-28-21(5)25(11-3)32(42-28)19-30-23(7)34-38(44-30)35(37(26)43-29)36(39(34)46)40(47)48-8/h10,12-13,17-19,22,26,33,36,41-45H,2,9,11,14-16H2,1,3-8H3/b13-12-,28-18-,29-17-,32-19-,37-35-/t22-,26-,33?,36+/m0/s1. The lowest BCUT2D eigenvalue weighted by Gasteiger charge is -2.21. The summed E-state index contributed by atoms with van der Waals surface area (Å²) in [6.45, 7) is 16.9. The number of ketones is 1. The SMILES string of the molecule is C=Cc1c2[nH]c(c1C)/C=C1\N/C(=C3\c4[nH]c(c(C)c4C(=O)[C@@H]3C(=O)OC)/C=c3\[nH]/c(c(C)c3CC)=C\2)[C@@H](CCC(O)OC/C=C\CC)[C@@H]1C. The Bertz CT molecular complexity index is 2050. The molecule has 5 heterocycles. The van der Waals surface area contributed by atoms with Crippen LogP contribution in [0.25, 0.3) is 29.9 Å². The normalized spacial score (nSPS) is 24.2. The van der Waals surface area contributed by atoms with Crippen LogP contribution in [0.3, 0.4) is 0 Å². The number of aliphatic hydroxyl groups is 1. The maximum Gasteiger partial charge on any atom is 0.321 e. The van der Waals surface area contributed by atoms with E-state index in [4.69, 9.17) is 9.47 Å². The van der Waals surface area contributed by atoms with Crippen LogP contribution in [0.1, 0.15) is 101 Å². The second kappa shape index (κ2) is 13.7. The molecule has 4 atom stereocenters. The lowest BCUT2D eigenvalue weighted by atomic mass is 9.85. The third-order valence-electron chi connectivity index (χ3n) is 10.6. The molecule has 258 valence electrons. The zero-order valence-corrected chi connectivity index (χ0v) is 29.6. The molecule has 2 aliphatic heterocycles. The summed E-state index contributed by atoms with van der Waals surface area (Å²) in [5, 5.41) is 16.4. The zero-order chi connectivity index (χ0) is 35.1. The number of hydrogen-bond acceptors (Lipinski definition) is 6. The lowest BCUT2D eigenvalue weighted by molar-refractivity contribution is -0.141. The molecule has 5 N–H and O–H groups in total. The van der Waals surface area contributed by atoms with E-state index in [-0.39, 0.29) is 17.6 Å². The summed E-state index contributed by atoms with van der Waals surface area (Å²) >= 11 is 0. The van der Waals surface area contributed by atoms with Crippen LogP contribution in [-0.4, -0.2) is 51.8 Å². The van der Waals surface area contributed by atoms with Gasteiger partial charge in [-0.15, -0.1) is 0 Å². The van der Waals surface area contributed by atoms with Crippen molar-refractivity contribution in [1.29, 1.82) is 0 Å². The van der Waals surface area contributed by atoms with E-state index in [9.17, 15) is 14.7 Å². The predicted molar refractivity (Wildman–Crippen MR) is 194 cm³/mol. The Balaban J connectivity index is 1.61. The molecule has 0 spiro atoms. The monoisotopic (exact) mass is 664 g/mol. The number of carbonyl (C=O) groups excluding carboxylic acids is 2. The van der Waals surface area contributed by atoms with Gasteiger partial charge in [-0.1, -0.05) is 45.6 Å². The highest BCUT2D eigenvalue weighted by molar-refractivity contribution is 6.24. The van der Waals surface area contributed by atoms with E-state index in [1.165, 1.54) is 12.7 Å². The van der Waals surface area contributed by atoms with Crippen LogP contribution in [0.2, 0.25) is 0 Å². The van der Waals surface area contributed by atoms with Crippen LogP contribution in [0, 0.1) is 38.5 Å². The van der Waals surface area contributed by atoms with Crippen LogP contribution in [0.5, 0.6) is 0 Å². The first-order chi connectivity index (χ1) is 23.5. The number of allylic oxidation sites excluding steroid dienone is 3. The number of rotatable bonds is 10. The molecule has 3 aromatic heterocycles. The van der Waals surface area contributed by atoms with Gasteiger partial charge in [-0.05, 0) is 86.9 Å². The molecule has 3 aromatic rings. The van der Waals surface area contributed by atoms with E-state index in [1.807, 2.05) is 32.1 Å². The Hall–Kier alpha value is -4.60. The van der Waals surface area contributed by atoms with E-state index in [0.717, 1.165) is 74.3 Å². The van der Waals surface area contributed by atoms with Gasteiger partial charge in [-0.3, -0.25) is 9.59 Å². The van der Waals surface area contributed by atoms with Crippen molar-refractivity contribution in [2.75, 3.05) is 13.7 Å². The summed E-state index contributed by atoms with van der Waals surface area (Å²) in [6.07, 6.45) is 13.8. The van der Waals surface area contributed by atoms with Gasteiger partial charge >= 0.3 is 5.97 Å². The Morgan fingerprint density at radius 3 is 2.43 bits per heavy atom. The van der Waals surface area contributed by atoms with Crippen molar-refractivity contribution in [1.82, 2.24) is 20.3 Å². The molecule has 0 amide bonds. The lowest BCUT2D eigenvalue weighted by Crippen LogP contribution is -2.25. The van der Waals surface area contributed by atoms with Crippen molar-refractivity contribution in [3.63, 3.8) is 0 Å². The number of aromatic nitrogens is 3. The Kier molecular flexibility index (Phi) is 9.60. The maximum atomic E-state index is 14.2. The maximum absolute atomic E-state index is 14.2. The summed E-state index contributed by atoms with van der Waals surface area (Å²) in [5.41, 5.74) is 11.4. The molecule has 1 saturated heterocycles. The van der Waals surface area contributed by atoms with Gasteiger partial charge < -0.3 is 34.8 Å². The quantitative estimate of drug-likeness (QED) is 0.0849. The molecule has 6 rings (SSSR count). The summed E-state index contributed by atoms with van der Waals surface area (Å²) in [4.78, 5) is 38.5. The number of esters is 1. The number of aliphatic hydroxyl groups excluding tert-OH is 1. The van der Waals surface area contributed by atoms with Gasteiger partial charge in [-0.25, -0.2) is 0 Å². The van der Waals surface area contributed by atoms with Crippen molar-refractivity contribution in [2.24, 2.45) is 17.8 Å². The number of methoxy groups -OCH3 is 1. The fraction of sp³-hybridized carbons (Fsp3) is 0.400. The highest BCUT2D eigenvalue weighted by atomic mass is 16.6. The minimum Gasteiger partial charge on any atom is -0.468 e. The second-order valence-corrected chi connectivity index (χ2v) is 13.3. The molecule has 1 fully saturated rings. The molecule has 0 saturated carbocycles. The van der Waals surface area contributed by atoms with Gasteiger partial charge in [0.15, 0.2) is 12.1 Å². The molecule has 0 radical (unpaired) electrons. The third kappa shape index (κ3) is 5.89. The van der Waals surface area contributed by atoms with Crippen molar-refractivity contribution in [3.05, 3.63) is 97.0 Å². The highest BCUT2D eigenvalue weighted by Crippen LogP contribution is 2.48. The van der Waals surface area contributed by atoms with Crippen LogP contribution in [0.15, 0.2) is 30.1 Å². The third-order valence-corrected chi connectivity index (χ3v) is 10.6. The topological polar surface area (TPSA) is 132 Å². The molecule has 0 aromatic carbocycles. The molecule has 9 nitrogen and oxygen atoms in total. The number of hydrogen-bond donors (Lipinski definition) is 5. The number of carbonyl (C=O) groups is 2. The number of ether oxygens (including phenoxy) is 2. The summed E-state index contributed by atoms with van der Waals surface area (Å²) in [6, 6.07) is 0. The molecule has 49 heavy (non-hydrogen) atoms. The first-order valence-electron chi connectivity index (χ1n) is 17.3. The van der Waals surface area contributed by atoms with Gasteiger partial charge in [0.25, 0.3) is 0 Å². The zero-order valence-electron chi connectivity index (χ0n) is 29.6. The van der Waals surface area contributed by atoms with Crippen LogP contribution >= 0.6 is 0 Å². The van der Waals surface area contributed by atoms with Crippen LogP contribution < -0.4 is 16.0 Å². The number of nitrogens with one attached hydrogen (secondary N) is 4. The Labute approximate surface area is 287 Å². The minimum atomic E-state index is -1.11. The van der Waals surface area contributed by atoms with E-state index in [1.54, 1.807) is 0 Å². The summed E-state index contributed by atoms with van der Waals surface area (Å²) < 4.78 is 10.9. The number of H-pyrrole nitrogens is 3. The van der Waals surface area contributed by atoms with Crippen molar-refractivity contribution in [3.8, 4) is 0 Å². The first-order valence-corrected chi connectivity index (χ1v) is 17.3. The fourth-order valence-corrected chi connectivity index (χ4v) is 7.81. The smallest absolute Gasteiger partial charge is 0.321 e. The molecule has 3 aliphatic rings. The summed E-state index contributed by atoms with van der Waals surface area (Å²) in [5.74, 6) is -2.16. The van der Waals surface area contributed by atoms with Gasteiger partial charge in [0, 0.05) is 67.7 Å². The number of fused-ring (bicyclic) bond motifs is 7. The minimum absolute atomic E-state index is 0.0351. The van der Waals surface area contributed by atoms with Crippen LogP contribution in [0.4, 0.5) is 0 Å². The van der Waals surface area contributed by atoms with Gasteiger partial charge in [0.05, 0.1) is 19.4 Å². The van der Waals surface area contributed by atoms with E-state index in [0.29, 0.717) is 36.3 Å². The summed E-state index contributed by atoms with van der Waals surface area (Å²) in [7, 11) is 1.32. The van der Waals surface area contributed by atoms with Crippen molar-refractivity contribution < 1.29 is 24.2 Å². The Morgan fingerprint density at radius 2 is 1.73 bits per heavy atom. The van der Waals surface area contributed by atoms with Gasteiger partial charge in [0.1, 0.15) is 5.92 Å². The second-order valence-electron chi connectivity index (χ2n) is 13.3. The molecular weight excluding hydrogens is 616 g/mol. The van der Waals surface area contributed by atoms with Gasteiger partial charge in [0.2, 0.25) is 0 Å². The molecular formula is C40H48N4O5. The van der Waals surface area contributed by atoms with Crippen molar-refractivity contribution >= 4 is 41.6 Å². The van der Waals surface area contributed by atoms with Crippen molar-refractivity contribution in [2.45, 2.75) is 73.5 Å². The average Bonchev–Trinajstić information content (AvgIpc) is 3.82. The van der Waals surface area contributed by atoms with E-state index < -0.39 is 18.2 Å². The molecule has 1 unspecified atom stereocenters. The highest BCUT2D eigenvalue weighted by Gasteiger charge is 2.48. The van der Waals surface area contributed by atoms with E-state index >= 15 is 0 Å². The average molecular weight is 665 g/mol. The molecule has 9 heteroatoms. The van der Waals surface area contributed by atoms with Crippen LogP contribution in [-0.2, 0) is 20.7 Å². The number of Topliss-reactive ketones (excluding diaryl/α,β-unsaturated/α-hetero) is 1. The first kappa shape index (κ1) is 34.3. The van der Waals surface area contributed by atoms with E-state index in [2.05, 4.69) is 72.8 Å². The fourth-order valence-electron chi connectivity index (χ4n) is 7.81.